The number of benzene rings is 1. The van der Waals surface area contributed by atoms with Crippen LogP contribution in [0.3, 0.4) is 0 Å². The molecule has 0 radical (unpaired) electrons. The van der Waals surface area contributed by atoms with E-state index in [1.54, 1.807) is 13.3 Å². The molecule has 1 aliphatic rings. The molecule has 4 N–H and O–H groups in total. The predicted molar refractivity (Wildman–Crippen MR) is 138 cm³/mol. The number of hydrogen-bond donors (Lipinski definition) is 3. The Bertz CT molecular complexity index is 1520. The van der Waals surface area contributed by atoms with Gasteiger partial charge in [0.05, 0.1) is 53.7 Å². The van der Waals surface area contributed by atoms with Gasteiger partial charge in [0.1, 0.15) is 11.6 Å². The minimum atomic E-state index is -0.141. The van der Waals surface area contributed by atoms with Crippen LogP contribution in [-0.4, -0.2) is 41.8 Å². The van der Waals surface area contributed by atoms with Crippen LogP contribution in [0, 0.1) is 0 Å². The molecule has 0 aliphatic heterocycles. The number of nitrogens with two attached hydrogens (primary N) is 1. The molecule has 1 aromatic carbocycles. The molecule has 1 saturated carbocycles. The van der Waals surface area contributed by atoms with Crippen molar-refractivity contribution in [3.8, 4) is 17.0 Å². The highest BCUT2D eigenvalue weighted by molar-refractivity contribution is 5.75. The fraction of sp³-hybridized carbons (Fsp3) is 0.269. The van der Waals surface area contributed by atoms with Crippen molar-refractivity contribution in [3.63, 3.8) is 0 Å². The van der Waals surface area contributed by atoms with Crippen molar-refractivity contribution >= 4 is 22.8 Å². The fourth-order valence-corrected chi connectivity index (χ4v) is 4.27. The third kappa shape index (κ3) is 4.33. The Labute approximate surface area is 208 Å². The van der Waals surface area contributed by atoms with Crippen LogP contribution in [0.1, 0.15) is 48.7 Å². The molecule has 36 heavy (non-hydrogen) atoms. The van der Waals surface area contributed by atoms with Crippen LogP contribution in [0.4, 0.5) is 11.8 Å². The van der Waals surface area contributed by atoms with Crippen LogP contribution in [0.5, 0.6) is 5.75 Å². The third-order valence-electron chi connectivity index (χ3n) is 6.54. The molecule has 0 saturated heterocycles. The Kier molecular flexibility index (Phi) is 5.48. The molecule has 1 aliphatic carbocycles. The number of ether oxygens (including phenoxy) is 1. The second-order valence-electron chi connectivity index (χ2n) is 9.16. The van der Waals surface area contributed by atoms with Crippen molar-refractivity contribution in [2.24, 2.45) is 0 Å². The van der Waals surface area contributed by atoms with Crippen molar-refractivity contribution < 1.29 is 4.74 Å². The Balaban J connectivity index is 1.16. The van der Waals surface area contributed by atoms with Gasteiger partial charge < -0.3 is 20.4 Å². The highest BCUT2D eigenvalue weighted by Crippen LogP contribution is 2.40. The smallest absolute Gasteiger partial charge is 0.225 e. The molecule has 1 fully saturated rings. The number of anilines is 2. The number of aromatic nitrogens is 7. The molecule has 4 heterocycles. The number of pyridine rings is 1. The Morgan fingerprint density at radius 3 is 2.72 bits per heavy atom. The predicted octanol–water partition coefficient (Wildman–Crippen LogP) is 4.30. The largest absolute Gasteiger partial charge is 0.497 e. The quantitative estimate of drug-likeness (QED) is 0.299. The number of fused-ring (bicyclic) bond motifs is 1. The van der Waals surface area contributed by atoms with Gasteiger partial charge in [0.15, 0.2) is 0 Å². The lowest BCUT2D eigenvalue weighted by atomic mass is 10.2. The molecule has 10 heteroatoms. The number of H-pyrrole nitrogens is 1. The van der Waals surface area contributed by atoms with Gasteiger partial charge >= 0.3 is 0 Å². The molecule has 5 aromatic rings. The summed E-state index contributed by atoms with van der Waals surface area (Å²) in [5.74, 6) is 2.25. The standard InChI is InChI=1S/C26H27N9O/c1-15(31-26-29-11-19(25(27)32-26)22-10-21(33-34-22)17-5-6-17)20-9-23-24(12-28-20)35(14-30-23)13-16-3-7-18(36-2)8-4-16/h3-4,7-12,14-15,17H,5-6,13H2,1-2H3,(H,33,34)(H3,27,29,31,32). The first-order chi connectivity index (χ1) is 17.6. The van der Waals surface area contributed by atoms with Gasteiger partial charge in [0.2, 0.25) is 5.95 Å². The average Bonchev–Trinajstić information content (AvgIpc) is 3.50. The number of nitrogen functional groups attached to an aromatic ring is 1. The zero-order valence-electron chi connectivity index (χ0n) is 20.1. The SMILES string of the molecule is COc1ccc(Cn2cnc3cc(C(C)Nc4ncc(-c5cc(C6CC6)[nH]n5)c(N)n4)ncc32)cc1. The average molecular weight is 482 g/mol. The van der Waals surface area contributed by atoms with Gasteiger partial charge in [-0.2, -0.15) is 10.1 Å². The summed E-state index contributed by atoms with van der Waals surface area (Å²) in [7, 11) is 1.67. The van der Waals surface area contributed by atoms with E-state index in [9.17, 15) is 0 Å². The maximum absolute atomic E-state index is 6.25. The zero-order chi connectivity index (χ0) is 24.6. The molecule has 0 spiro atoms. The first-order valence-corrected chi connectivity index (χ1v) is 12.0. The maximum atomic E-state index is 6.25. The van der Waals surface area contributed by atoms with Crippen LogP contribution < -0.4 is 15.8 Å². The lowest BCUT2D eigenvalue weighted by Crippen LogP contribution is -2.12. The van der Waals surface area contributed by atoms with Gasteiger partial charge in [-0.3, -0.25) is 10.1 Å². The zero-order valence-corrected chi connectivity index (χ0v) is 20.1. The molecular weight excluding hydrogens is 454 g/mol. The van der Waals surface area contributed by atoms with Gasteiger partial charge in [0, 0.05) is 24.4 Å². The van der Waals surface area contributed by atoms with Crippen molar-refractivity contribution in [1.82, 2.24) is 34.7 Å². The summed E-state index contributed by atoms with van der Waals surface area (Å²) >= 11 is 0. The number of nitrogens with one attached hydrogen (secondary N) is 2. The number of methoxy groups -OCH3 is 1. The van der Waals surface area contributed by atoms with Gasteiger partial charge in [-0.15, -0.1) is 0 Å². The molecule has 0 amide bonds. The fourth-order valence-electron chi connectivity index (χ4n) is 4.27. The van der Waals surface area contributed by atoms with Crippen molar-refractivity contribution in [2.45, 2.75) is 38.3 Å². The van der Waals surface area contributed by atoms with E-state index >= 15 is 0 Å². The summed E-state index contributed by atoms with van der Waals surface area (Å²) < 4.78 is 7.32. The number of hydrogen-bond acceptors (Lipinski definition) is 8. The van der Waals surface area contributed by atoms with Gasteiger partial charge in [0.25, 0.3) is 0 Å². The van der Waals surface area contributed by atoms with E-state index in [0.29, 0.717) is 24.2 Å². The van der Waals surface area contributed by atoms with E-state index in [2.05, 4.69) is 40.0 Å². The second kappa shape index (κ2) is 8.95. The number of rotatable bonds is 8. The third-order valence-corrected chi connectivity index (χ3v) is 6.54. The minimum Gasteiger partial charge on any atom is -0.497 e. The van der Waals surface area contributed by atoms with Crippen LogP contribution in [0.15, 0.2) is 55.1 Å². The Hall–Kier alpha value is -4.47. The molecular formula is C26H27N9O. The summed E-state index contributed by atoms with van der Waals surface area (Å²) in [5, 5.41) is 10.8. The molecule has 4 aromatic heterocycles. The molecule has 1 atom stereocenters. The number of aromatic amines is 1. The van der Waals surface area contributed by atoms with Crippen LogP contribution in [0.2, 0.25) is 0 Å². The Morgan fingerprint density at radius 1 is 1.14 bits per heavy atom. The summed E-state index contributed by atoms with van der Waals surface area (Å²) in [6.07, 6.45) is 7.81. The summed E-state index contributed by atoms with van der Waals surface area (Å²) in [4.78, 5) is 18.2. The van der Waals surface area contributed by atoms with Crippen LogP contribution in [0.25, 0.3) is 22.3 Å². The lowest BCUT2D eigenvalue weighted by Gasteiger charge is -2.14. The number of imidazole rings is 1. The molecule has 182 valence electrons. The van der Waals surface area contributed by atoms with Gasteiger partial charge in [-0.1, -0.05) is 12.1 Å². The first kappa shape index (κ1) is 22.0. The van der Waals surface area contributed by atoms with E-state index in [0.717, 1.165) is 45.0 Å². The van der Waals surface area contributed by atoms with Crippen molar-refractivity contribution in [1.29, 1.82) is 0 Å². The summed E-state index contributed by atoms with van der Waals surface area (Å²) in [5.41, 5.74) is 12.7. The van der Waals surface area contributed by atoms with E-state index < -0.39 is 0 Å². The molecule has 1 unspecified atom stereocenters. The normalized spacial score (nSPS) is 14.2. The van der Waals surface area contributed by atoms with E-state index in [1.165, 1.54) is 12.8 Å². The maximum Gasteiger partial charge on any atom is 0.225 e. The van der Waals surface area contributed by atoms with Gasteiger partial charge in [-0.25, -0.2) is 9.97 Å². The van der Waals surface area contributed by atoms with E-state index in [-0.39, 0.29) is 6.04 Å². The number of nitrogens with zero attached hydrogens (tertiary/aromatic N) is 6. The highest BCUT2D eigenvalue weighted by Gasteiger charge is 2.26. The summed E-state index contributed by atoms with van der Waals surface area (Å²) in [6, 6.07) is 11.9. The van der Waals surface area contributed by atoms with Gasteiger partial charge in [-0.05, 0) is 49.6 Å². The first-order valence-electron chi connectivity index (χ1n) is 12.0. The lowest BCUT2D eigenvalue weighted by molar-refractivity contribution is 0.414. The topological polar surface area (TPSA) is 132 Å². The van der Waals surface area contributed by atoms with E-state index in [4.69, 9.17) is 10.5 Å². The van der Waals surface area contributed by atoms with Crippen LogP contribution in [-0.2, 0) is 6.54 Å². The highest BCUT2D eigenvalue weighted by atomic mass is 16.5. The minimum absolute atomic E-state index is 0.141. The van der Waals surface area contributed by atoms with Crippen molar-refractivity contribution in [2.75, 3.05) is 18.2 Å². The monoisotopic (exact) mass is 481 g/mol. The van der Waals surface area contributed by atoms with Crippen LogP contribution >= 0.6 is 0 Å². The Morgan fingerprint density at radius 2 is 1.97 bits per heavy atom. The second-order valence-corrected chi connectivity index (χ2v) is 9.16. The van der Waals surface area contributed by atoms with E-state index in [1.807, 2.05) is 55.8 Å². The molecule has 0 bridgehead atoms. The van der Waals surface area contributed by atoms with Crippen molar-refractivity contribution in [3.05, 3.63) is 72.1 Å². The molecule has 10 nitrogen and oxygen atoms in total. The summed E-state index contributed by atoms with van der Waals surface area (Å²) in [6.45, 7) is 2.71. The molecule has 6 rings (SSSR count).